The van der Waals surface area contributed by atoms with E-state index >= 15 is 0 Å². The molecule has 1 saturated heterocycles. The summed E-state index contributed by atoms with van der Waals surface area (Å²) in [7, 11) is -3.92. The van der Waals surface area contributed by atoms with Crippen LogP contribution in [0.25, 0.3) is 0 Å². The standard InChI is InChI=1S/C20H23N3O6S2/c1-3-15-11-14(12-21)19(30-15)22-18(24)13-7-9-23(10-8-13)31(26,27)17-6-5-16(29-17)20(25)28-4-2/h5-6,11,13H,3-4,7-10H2,1-2H3,(H,22,24). The number of nitriles is 1. The Morgan fingerprint density at radius 1 is 1.32 bits per heavy atom. The van der Waals surface area contributed by atoms with Gasteiger partial charge < -0.3 is 14.5 Å². The van der Waals surface area contributed by atoms with Crippen LogP contribution in [-0.4, -0.2) is 44.3 Å². The van der Waals surface area contributed by atoms with Gasteiger partial charge in [0.2, 0.25) is 16.8 Å². The van der Waals surface area contributed by atoms with Crippen LogP contribution in [-0.2, 0) is 26.0 Å². The molecule has 3 heterocycles. The fourth-order valence-corrected chi connectivity index (χ4v) is 5.59. The summed E-state index contributed by atoms with van der Waals surface area (Å²) < 4.78 is 36.9. The first-order chi connectivity index (χ1) is 14.8. The molecule has 166 valence electrons. The van der Waals surface area contributed by atoms with E-state index in [0.717, 1.165) is 11.3 Å². The number of hydrogen-bond acceptors (Lipinski definition) is 8. The number of esters is 1. The molecule has 0 unspecified atom stereocenters. The molecule has 2 aromatic heterocycles. The summed E-state index contributed by atoms with van der Waals surface area (Å²) in [5.41, 5.74) is 0.436. The Morgan fingerprint density at radius 2 is 2.03 bits per heavy atom. The van der Waals surface area contributed by atoms with E-state index in [1.807, 2.05) is 6.92 Å². The third-order valence-electron chi connectivity index (χ3n) is 4.97. The molecule has 1 aliphatic heterocycles. The molecular weight excluding hydrogens is 442 g/mol. The van der Waals surface area contributed by atoms with Gasteiger partial charge in [0.15, 0.2) is 0 Å². The quantitative estimate of drug-likeness (QED) is 0.622. The molecule has 1 amide bonds. The molecule has 3 rings (SSSR count). The molecule has 0 saturated carbocycles. The van der Waals surface area contributed by atoms with Crippen molar-refractivity contribution < 1.29 is 27.2 Å². The minimum atomic E-state index is -3.92. The number of rotatable bonds is 7. The van der Waals surface area contributed by atoms with E-state index in [-0.39, 0.29) is 42.4 Å². The first-order valence-electron chi connectivity index (χ1n) is 9.90. The molecule has 11 heteroatoms. The van der Waals surface area contributed by atoms with Crippen molar-refractivity contribution in [2.24, 2.45) is 5.92 Å². The predicted octanol–water partition coefficient (Wildman–Crippen LogP) is 2.99. The molecule has 0 aliphatic carbocycles. The van der Waals surface area contributed by atoms with E-state index in [4.69, 9.17) is 9.15 Å². The Morgan fingerprint density at radius 3 is 2.65 bits per heavy atom. The highest BCUT2D eigenvalue weighted by Crippen LogP contribution is 2.30. The molecule has 0 radical (unpaired) electrons. The SMILES string of the molecule is CCOC(=O)c1ccc(S(=O)(=O)N2CCC(C(=O)Nc3sc(CC)cc3C#N)CC2)o1. The summed E-state index contributed by atoms with van der Waals surface area (Å²) in [6.07, 6.45) is 1.45. The van der Waals surface area contributed by atoms with E-state index in [0.29, 0.717) is 23.4 Å². The van der Waals surface area contributed by atoms with Gasteiger partial charge in [0.05, 0.1) is 12.2 Å². The molecular formula is C20H23N3O6S2. The van der Waals surface area contributed by atoms with Crippen molar-refractivity contribution in [2.45, 2.75) is 38.2 Å². The van der Waals surface area contributed by atoms with Crippen LogP contribution >= 0.6 is 11.3 Å². The fourth-order valence-electron chi connectivity index (χ4n) is 3.26. The smallest absolute Gasteiger partial charge is 0.374 e. The molecule has 2 aromatic rings. The lowest BCUT2D eigenvalue weighted by Crippen LogP contribution is -2.41. The van der Waals surface area contributed by atoms with Crippen molar-refractivity contribution in [3.63, 3.8) is 0 Å². The Bertz CT molecular complexity index is 1100. The maximum absolute atomic E-state index is 12.8. The number of sulfonamides is 1. The van der Waals surface area contributed by atoms with Gasteiger partial charge in [-0.05, 0) is 44.4 Å². The number of ether oxygens (including phenoxy) is 1. The number of carbonyl (C=O) groups is 2. The van der Waals surface area contributed by atoms with Gasteiger partial charge in [-0.1, -0.05) is 6.92 Å². The van der Waals surface area contributed by atoms with E-state index in [9.17, 15) is 23.3 Å². The summed E-state index contributed by atoms with van der Waals surface area (Å²) in [5.74, 6) is -1.49. The van der Waals surface area contributed by atoms with Gasteiger partial charge >= 0.3 is 5.97 Å². The van der Waals surface area contributed by atoms with Gasteiger partial charge in [-0.15, -0.1) is 11.3 Å². The highest BCUT2D eigenvalue weighted by Gasteiger charge is 2.34. The van der Waals surface area contributed by atoms with Crippen molar-refractivity contribution in [3.8, 4) is 6.07 Å². The monoisotopic (exact) mass is 465 g/mol. The normalized spacial score (nSPS) is 15.4. The van der Waals surface area contributed by atoms with Gasteiger partial charge in [-0.3, -0.25) is 4.79 Å². The highest BCUT2D eigenvalue weighted by molar-refractivity contribution is 7.89. The van der Waals surface area contributed by atoms with Crippen molar-refractivity contribution >= 4 is 38.2 Å². The van der Waals surface area contributed by atoms with Crippen LogP contribution in [0.15, 0.2) is 27.7 Å². The average Bonchev–Trinajstić information content (AvgIpc) is 3.41. The number of furan rings is 1. The number of hydrogen-bond donors (Lipinski definition) is 1. The van der Waals surface area contributed by atoms with Crippen LogP contribution < -0.4 is 5.32 Å². The predicted molar refractivity (Wildman–Crippen MR) is 113 cm³/mol. The number of thiophene rings is 1. The lowest BCUT2D eigenvalue weighted by atomic mass is 9.97. The first kappa shape index (κ1) is 23.0. The van der Waals surface area contributed by atoms with Gasteiger partial charge in [0, 0.05) is 23.9 Å². The molecule has 9 nitrogen and oxygen atoms in total. The van der Waals surface area contributed by atoms with Crippen LogP contribution in [0.4, 0.5) is 5.00 Å². The Kier molecular flexibility index (Phi) is 7.15. The van der Waals surface area contributed by atoms with Gasteiger partial charge in [-0.25, -0.2) is 13.2 Å². The summed E-state index contributed by atoms with van der Waals surface area (Å²) in [6, 6.07) is 6.35. The summed E-state index contributed by atoms with van der Waals surface area (Å²) in [4.78, 5) is 25.4. The number of nitrogens with one attached hydrogen (secondary N) is 1. The molecule has 1 aliphatic rings. The number of amides is 1. The highest BCUT2D eigenvalue weighted by atomic mass is 32.2. The number of carbonyl (C=O) groups excluding carboxylic acids is 2. The number of nitrogens with zero attached hydrogens (tertiary/aromatic N) is 2. The maximum atomic E-state index is 12.8. The van der Waals surface area contributed by atoms with Crippen LogP contribution in [0.2, 0.25) is 0 Å². The van der Waals surface area contributed by atoms with Crippen LogP contribution in [0.5, 0.6) is 0 Å². The zero-order valence-electron chi connectivity index (χ0n) is 17.2. The van der Waals surface area contributed by atoms with Crippen molar-refractivity contribution in [1.29, 1.82) is 5.26 Å². The molecule has 1 fully saturated rings. The average molecular weight is 466 g/mol. The molecule has 31 heavy (non-hydrogen) atoms. The number of aryl methyl sites for hydroxylation is 1. The lowest BCUT2D eigenvalue weighted by molar-refractivity contribution is -0.120. The first-order valence-corrected chi connectivity index (χ1v) is 12.2. The van der Waals surface area contributed by atoms with Gasteiger partial charge in [-0.2, -0.15) is 9.57 Å². The molecule has 0 bridgehead atoms. The lowest BCUT2D eigenvalue weighted by Gasteiger charge is -2.29. The fraction of sp³-hybridized carbons (Fsp3) is 0.450. The van der Waals surface area contributed by atoms with Crippen LogP contribution in [0.3, 0.4) is 0 Å². The second-order valence-corrected chi connectivity index (χ2v) is 9.93. The zero-order chi connectivity index (χ0) is 22.6. The van der Waals surface area contributed by atoms with E-state index < -0.39 is 16.0 Å². The van der Waals surface area contributed by atoms with E-state index in [2.05, 4.69) is 11.4 Å². The number of anilines is 1. The third kappa shape index (κ3) is 4.98. The van der Waals surface area contributed by atoms with Crippen molar-refractivity contribution in [1.82, 2.24) is 4.31 Å². The Balaban J connectivity index is 1.62. The zero-order valence-corrected chi connectivity index (χ0v) is 18.8. The van der Waals surface area contributed by atoms with Gasteiger partial charge in [0.25, 0.3) is 10.0 Å². The molecule has 0 aromatic carbocycles. The van der Waals surface area contributed by atoms with Gasteiger partial charge in [0.1, 0.15) is 11.1 Å². The minimum absolute atomic E-state index is 0.144. The molecule has 0 spiro atoms. The van der Waals surface area contributed by atoms with E-state index in [1.54, 1.807) is 13.0 Å². The topological polar surface area (TPSA) is 130 Å². The van der Waals surface area contributed by atoms with Crippen LogP contribution in [0, 0.1) is 17.2 Å². The Labute approximate surface area is 184 Å². The van der Waals surface area contributed by atoms with Crippen molar-refractivity contribution in [3.05, 3.63) is 34.4 Å². The Hall–Kier alpha value is -2.68. The summed E-state index contributed by atoms with van der Waals surface area (Å²) in [6.45, 7) is 4.06. The minimum Gasteiger partial charge on any atom is -0.460 e. The second kappa shape index (κ2) is 9.64. The molecule has 0 atom stereocenters. The van der Waals surface area contributed by atoms with Crippen molar-refractivity contribution in [2.75, 3.05) is 25.0 Å². The summed E-state index contributed by atoms with van der Waals surface area (Å²) >= 11 is 1.38. The largest absolute Gasteiger partial charge is 0.460 e. The number of piperidine rings is 1. The third-order valence-corrected chi connectivity index (χ3v) is 7.93. The van der Waals surface area contributed by atoms with E-state index in [1.165, 1.54) is 27.8 Å². The second-order valence-electron chi connectivity index (χ2n) is 6.93. The maximum Gasteiger partial charge on any atom is 0.374 e. The summed E-state index contributed by atoms with van der Waals surface area (Å²) in [5, 5.41) is 12.3. The van der Waals surface area contributed by atoms with Crippen LogP contribution in [0.1, 0.15) is 47.7 Å². The molecule has 1 N–H and O–H groups in total.